The Hall–Kier alpha value is -1.88. The second-order valence-corrected chi connectivity index (χ2v) is 3.64. The Morgan fingerprint density at radius 1 is 1.62 bits per heavy atom. The molecule has 0 saturated carbocycles. The zero-order valence-electron chi connectivity index (χ0n) is 9.03. The van der Waals surface area contributed by atoms with Gasteiger partial charge in [0.1, 0.15) is 0 Å². The van der Waals surface area contributed by atoms with E-state index in [1.54, 1.807) is 6.20 Å². The number of rotatable bonds is 3. The number of nitrogens with one attached hydrogen (secondary N) is 2. The highest BCUT2D eigenvalue weighted by Gasteiger charge is 2.12. The van der Waals surface area contributed by atoms with Gasteiger partial charge in [-0.15, -0.1) is 0 Å². The second kappa shape index (κ2) is 4.32. The number of carbonyl (C=O) groups excluding carboxylic acids is 1. The van der Waals surface area contributed by atoms with Gasteiger partial charge in [-0.3, -0.25) is 9.89 Å². The maximum Gasteiger partial charge on any atom is 0.241 e. The fourth-order valence-electron chi connectivity index (χ4n) is 1.48. The van der Waals surface area contributed by atoms with Gasteiger partial charge in [-0.1, -0.05) is 19.1 Å². The molecule has 1 atom stereocenters. The topological polar surface area (TPSA) is 83.8 Å². The summed E-state index contributed by atoms with van der Waals surface area (Å²) in [6, 6.07) is 5.14. The summed E-state index contributed by atoms with van der Waals surface area (Å²) >= 11 is 0. The van der Waals surface area contributed by atoms with E-state index < -0.39 is 6.04 Å². The lowest BCUT2D eigenvalue weighted by atomic mass is 10.2. The van der Waals surface area contributed by atoms with E-state index in [1.807, 2.05) is 25.1 Å². The SMILES string of the molecule is CC[C@H](N)C(=O)Nc1cccc2cn[nH]c12. The Morgan fingerprint density at radius 2 is 2.44 bits per heavy atom. The Labute approximate surface area is 93.0 Å². The number of aromatic nitrogens is 2. The van der Waals surface area contributed by atoms with Crippen molar-refractivity contribution in [1.82, 2.24) is 10.2 Å². The molecule has 16 heavy (non-hydrogen) atoms. The standard InChI is InChI=1S/C11H14N4O/c1-2-8(12)11(16)14-9-5-3-4-7-6-13-15-10(7)9/h3-6,8H,2,12H2,1H3,(H,13,15)(H,14,16)/t8-/m0/s1. The van der Waals surface area contributed by atoms with Crippen molar-refractivity contribution in [2.75, 3.05) is 5.32 Å². The molecule has 0 aliphatic carbocycles. The first-order chi connectivity index (χ1) is 7.72. The average molecular weight is 218 g/mol. The fourth-order valence-corrected chi connectivity index (χ4v) is 1.48. The summed E-state index contributed by atoms with van der Waals surface area (Å²) in [6.07, 6.45) is 2.33. The predicted molar refractivity (Wildman–Crippen MR) is 63.0 cm³/mol. The monoisotopic (exact) mass is 218 g/mol. The van der Waals surface area contributed by atoms with Crippen molar-refractivity contribution in [3.63, 3.8) is 0 Å². The van der Waals surface area contributed by atoms with E-state index in [-0.39, 0.29) is 5.91 Å². The zero-order valence-corrected chi connectivity index (χ0v) is 9.03. The Balaban J connectivity index is 2.27. The van der Waals surface area contributed by atoms with E-state index in [2.05, 4.69) is 15.5 Å². The van der Waals surface area contributed by atoms with Gasteiger partial charge in [-0.25, -0.2) is 0 Å². The Kier molecular flexibility index (Phi) is 2.87. The first-order valence-corrected chi connectivity index (χ1v) is 5.21. The van der Waals surface area contributed by atoms with Crippen LogP contribution in [0.1, 0.15) is 13.3 Å². The summed E-state index contributed by atoms with van der Waals surface area (Å²) < 4.78 is 0. The molecule has 2 rings (SSSR count). The van der Waals surface area contributed by atoms with Crippen LogP contribution in [-0.2, 0) is 4.79 Å². The first kappa shape index (κ1) is 10.6. The van der Waals surface area contributed by atoms with Crippen LogP contribution in [-0.4, -0.2) is 22.1 Å². The number of hydrogen-bond acceptors (Lipinski definition) is 3. The number of anilines is 1. The molecule has 5 heteroatoms. The summed E-state index contributed by atoms with van der Waals surface area (Å²) in [5.74, 6) is -0.176. The molecule has 1 amide bonds. The molecule has 0 unspecified atom stereocenters. The molecule has 0 aliphatic rings. The van der Waals surface area contributed by atoms with Crippen molar-refractivity contribution in [2.24, 2.45) is 5.73 Å². The van der Waals surface area contributed by atoms with Crippen LogP contribution >= 0.6 is 0 Å². The van der Waals surface area contributed by atoms with E-state index in [9.17, 15) is 4.79 Å². The minimum absolute atomic E-state index is 0.176. The largest absolute Gasteiger partial charge is 0.323 e. The molecule has 0 radical (unpaired) electrons. The summed E-state index contributed by atoms with van der Waals surface area (Å²) in [4.78, 5) is 11.6. The van der Waals surface area contributed by atoms with Gasteiger partial charge >= 0.3 is 0 Å². The molecule has 0 fully saturated rings. The molecule has 84 valence electrons. The van der Waals surface area contributed by atoms with Gasteiger partial charge < -0.3 is 11.1 Å². The molecular weight excluding hydrogens is 204 g/mol. The molecule has 4 N–H and O–H groups in total. The van der Waals surface area contributed by atoms with Gasteiger partial charge in [0.05, 0.1) is 23.4 Å². The van der Waals surface area contributed by atoms with Gasteiger partial charge in [0.15, 0.2) is 0 Å². The number of para-hydroxylation sites is 1. The van der Waals surface area contributed by atoms with Gasteiger partial charge in [0.25, 0.3) is 0 Å². The molecule has 0 saturated heterocycles. The van der Waals surface area contributed by atoms with Crippen LogP contribution in [0, 0.1) is 0 Å². The van der Waals surface area contributed by atoms with Crippen LogP contribution in [0.15, 0.2) is 24.4 Å². The number of nitrogens with two attached hydrogens (primary N) is 1. The van der Waals surface area contributed by atoms with Crippen molar-refractivity contribution in [2.45, 2.75) is 19.4 Å². The third-order valence-electron chi connectivity index (χ3n) is 2.51. The lowest BCUT2D eigenvalue weighted by Gasteiger charge is -2.10. The quantitative estimate of drug-likeness (QED) is 0.724. The number of fused-ring (bicyclic) bond motifs is 1. The van der Waals surface area contributed by atoms with Crippen LogP contribution in [0.3, 0.4) is 0 Å². The summed E-state index contributed by atoms with van der Waals surface area (Å²) in [5.41, 5.74) is 7.18. The summed E-state index contributed by atoms with van der Waals surface area (Å²) in [6.45, 7) is 1.88. The predicted octanol–water partition coefficient (Wildman–Crippen LogP) is 1.24. The number of carbonyl (C=O) groups is 1. The van der Waals surface area contributed by atoms with Crippen LogP contribution in [0.2, 0.25) is 0 Å². The normalized spacial score (nSPS) is 12.6. The van der Waals surface area contributed by atoms with E-state index in [4.69, 9.17) is 5.73 Å². The van der Waals surface area contributed by atoms with Crippen LogP contribution in [0.4, 0.5) is 5.69 Å². The van der Waals surface area contributed by atoms with E-state index >= 15 is 0 Å². The maximum atomic E-state index is 11.6. The molecule has 1 aromatic heterocycles. The van der Waals surface area contributed by atoms with Crippen molar-refractivity contribution >= 4 is 22.5 Å². The van der Waals surface area contributed by atoms with Crippen molar-refractivity contribution in [3.05, 3.63) is 24.4 Å². The highest BCUT2D eigenvalue weighted by molar-refractivity contribution is 6.01. The van der Waals surface area contributed by atoms with Crippen LogP contribution in [0.5, 0.6) is 0 Å². The van der Waals surface area contributed by atoms with Crippen molar-refractivity contribution in [3.8, 4) is 0 Å². The maximum absolute atomic E-state index is 11.6. The number of amides is 1. The lowest BCUT2D eigenvalue weighted by molar-refractivity contribution is -0.117. The van der Waals surface area contributed by atoms with E-state index in [0.717, 1.165) is 10.9 Å². The minimum Gasteiger partial charge on any atom is -0.323 e. The van der Waals surface area contributed by atoms with Crippen molar-refractivity contribution in [1.29, 1.82) is 0 Å². The highest BCUT2D eigenvalue weighted by atomic mass is 16.2. The third kappa shape index (κ3) is 1.90. The number of benzene rings is 1. The molecule has 2 aromatic rings. The summed E-state index contributed by atoms with van der Waals surface area (Å²) in [7, 11) is 0. The Morgan fingerprint density at radius 3 is 3.19 bits per heavy atom. The lowest BCUT2D eigenvalue weighted by Crippen LogP contribution is -2.34. The highest BCUT2D eigenvalue weighted by Crippen LogP contribution is 2.20. The van der Waals surface area contributed by atoms with Crippen LogP contribution < -0.4 is 11.1 Å². The number of aromatic amines is 1. The fraction of sp³-hybridized carbons (Fsp3) is 0.273. The number of hydrogen-bond donors (Lipinski definition) is 3. The van der Waals surface area contributed by atoms with Crippen molar-refractivity contribution < 1.29 is 4.79 Å². The van der Waals surface area contributed by atoms with Gasteiger partial charge in [0, 0.05) is 5.39 Å². The number of H-pyrrole nitrogens is 1. The molecular formula is C11H14N4O. The molecule has 5 nitrogen and oxygen atoms in total. The van der Waals surface area contributed by atoms with E-state index in [0.29, 0.717) is 12.1 Å². The molecule has 0 aliphatic heterocycles. The minimum atomic E-state index is -0.474. The average Bonchev–Trinajstić information content (AvgIpc) is 2.77. The van der Waals surface area contributed by atoms with Gasteiger partial charge in [0.2, 0.25) is 5.91 Å². The first-order valence-electron chi connectivity index (χ1n) is 5.21. The van der Waals surface area contributed by atoms with Gasteiger partial charge in [-0.05, 0) is 12.5 Å². The molecule has 1 aromatic carbocycles. The smallest absolute Gasteiger partial charge is 0.241 e. The molecule has 1 heterocycles. The van der Waals surface area contributed by atoms with Gasteiger partial charge in [-0.2, -0.15) is 5.10 Å². The van der Waals surface area contributed by atoms with Crippen LogP contribution in [0.25, 0.3) is 10.9 Å². The van der Waals surface area contributed by atoms with E-state index in [1.165, 1.54) is 0 Å². The second-order valence-electron chi connectivity index (χ2n) is 3.64. The number of nitrogens with zero attached hydrogens (tertiary/aromatic N) is 1. The molecule has 0 spiro atoms. The third-order valence-corrected chi connectivity index (χ3v) is 2.51. The zero-order chi connectivity index (χ0) is 11.5. The molecule has 0 bridgehead atoms. The summed E-state index contributed by atoms with van der Waals surface area (Å²) in [5, 5.41) is 10.5. The Bertz CT molecular complexity index is 505.